The maximum absolute atomic E-state index is 12.4. The smallest absolute Gasteiger partial charge is 0.273 e. The van der Waals surface area contributed by atoms with Crippen LogP contribution in [-0.4, -0.2) is 29.9 Å². The lowest BCUT2D eigenvalue weighted by atomic mass is 10.2. The Kier molecular flexibility index (Phi) is 3.79. The standard InChI is InChI=1S/C20H15N7O/c28-18-10-16-19(26-27(18)13-6-2-1-3-7-13)20(25-24-16)21-11-17-14-8-4-5-9-15(14)22-12-23-17/h1-10,12,24H,11H2,(H,21,25). The molecule has 0 fully saturated rings. The molecule has 2 aromatic carbocycles. The quantitative estimate of drug-likeness (QED) is 0.505. The summed E-state index contributed by atoms with van der Waals surface area (Å²) in [7, 11) is 0. The first-order valence-corrected chi connectivity index (χ1v) is 8.76. The van der Waals surface area contributed by atoms with Crippen molar-refractivity contribution in [1.82, 2.24) is 29.9 Å². The molecule has 0 radical (unpaired) electrons. The molecule has 5 aromatic rings. The number of nitrogens with one attached hydrogen (secondary N) is 2. The fraction of sp³-hybridized carbons (Fsp3) is 0.0500. The van der Waals surface area contributed by atoms with Crippen molar-refractivity contribution in [3.8, 4) is 5.69 Å². The molecule has 3 aromatic heterocycles. The van der Waals surface area contributed by atoms with Gasteiger partial charge in [0, 0.05) is 11.5 Å². The first-order chi connectivity index (χ1) is 13.8. The maximum Gasteiger partial charge on any atom is 0.273 e. The highest BCUT2D eigenvalue weighted by Crippen LogP contribution is 2.19. The number of para-hydroxylation sites is 2. The van der Waals surface area contributed by atoms with Gasteiger partial charge in [-0.2, -0.15) is 14.9 Å². The third kappa shape index (κ3) is 2.77. The molecule has 0 spiro atoms. The van der Waals surface area contributed by atoms with Crippen molar-refractivity contribution in [2.24, 2.45) is 0 Å². The zero-order valence-electron chi connectivity index (χ0n) is 14.7. The van der Waals surface area contributed by atoms with Crippen LogP contribution in [0.1, 0.15) is 5.69 Å². The van der Waals surface area contributed by atoms with Crippen molar-refractivity contribution in [3.63, 3.8) is 0 Å². The van der Waals surface area contributed by atoms with Crippen LogP contribution in [0, 0.1) is 0 Å². The Morgan fingerprint density at radius 1 is 1.00 bits per heavy atom. The molecule has 0 bridgehead atoms. The van der Waals surface area contributed by atoms with E-state index in [2.05, 4.69) is 30.6 Å². The monoisotopic (exact) mass is 369 g/mol. The molecule has 8 nitrogen and oxygen atoms in total. The topological polar surface area (TPSA) is 101 Å². The van der Waals surface area contributed by atoms with E-state index in [1.165, 1.54) is 10.7 Å². The van der Waals surface area contributed by atoms with Gasteiger partial charge in [-0.05, 0) is 18.2 Å². The molecule has 0 aliphatic heterocycles. The first-order valence-electron chi connectivity index (χ1n) is 8.76. The van der Waals surface area contributed by atoms with Gasteiger partial charge >= 0.3 is 0 Å². The van der Waals surface area contributed by atoms with Gasteiger partial charge in [0.2, 0.25) is 0 Å². The van der Waals surface area contributed by atoms with E-state index in [-0.39, 0.29) is 5.56 Å². The Hall–Kier alpha value is -4.07. The highest BCUT2D eigenvalue weighted by Gasteiger charge is 2.12. The van der Waals surface area contributed by atoms with Crippen LogP contribution in [0.2, 0.25) is 0 Å². The molecular weight excluding hydrogens is 354 g/mol. The fourth-order valence-corrected chi connectivity index (χ4v) is 3.13. The summed E-state index contributed by atoms with van der Waals surface area (Å²) in [6.07, 6.45) is 1.55. The van der Waals surface area contributed by atoms with E-state index in [4.69, 9.17) is 0 Å². The van der Waals surface area contributed by atoms with Crippen LogP contribution in [0.4, 0.5) is 5.82 Å². The van der Waals surface area contributed by atoms with Gasteiger partial charge in [0.25, 0.3) is 5.56 Å². The zero-order chi connectivity index (χ0) is 18.9. The van der Waals surface area contributed by atoms with Crippen molar-refractivity contribution in [1.29, 1.82) is 0 Å². The third-order valence-electron chi connectivity index (χ3n) is 4.49. The van der Waals surface area contributed by atoms with Crippen molar-refractivity contribution >= 4 is 27.8 Å². The number of fused-ring (bicyclic) bond motifs is 2. The van der Waals surface area contributed by atoms with Crippen LogP contribution in [0.5, 0.6) is 0 Å². The zero-order valence-corrected chi connectivity index (χ0v) is 14.7. The second kappa shape index (κ2) is 6.58. The summed E-state index contributed by atoms with van der Waals surface area (Å²) in [6, 6.07) is 18.6. The summed E-state index contributed by atoms with van der Waals surface area (Å²) in [5.41, 5.74) is 3.38. The molecule has 28 heavy (non-hydrogen) atoms. The van der Waals surface area contributed by atoms with Gasteiger partial charge in [0.05, 0.1) is 29.0 Å². The second-order valence-corrected chi connectivity index (χ2v) is 6.26. The van der Waals surface area contributed by atoms with Gasteiger partial charge in [-0.3, -0.25) is 9.89 Å². The number of aromatic nitrogens is 6. The van der Waals surface area contributed by atoms with E-state index in [0.717, 1.165) is 16.6 Å². The Bertz CT molecular complexity index is 1340. The Balaban J connectivity index is 1.52. The lowest BCUT2D eigenvalue weighted by molar-refractivity contribution is 0.832. The van der Waals surface area contributed by atoms with Crippen LogP contribution in [0.3, 0.4) is 0 Å². The molecule has 0 amide bonds. The summed E-state index contributed by atoms with van der Waals surface area (Å²) >= 11 is 0. The molecule has 136 valence electrons. The summed E-state index contributed by atoms with van der Waals surface area (Å²) in [6.45, 7) is 0.454. The highest BCUT2D eigenvalue weighted by atomic mass is 16.1. The number of nitrogens with zero attached hydrogens (tertiary/aromatic N) is 5. The van der Waals surface area contributed by atoms with Gasteiger partial charge in [-0.25, -0.2) is 9.97 Å². The minimum absolute atomic E-state index is 0.226. The molecule has 8 heteroatoms. The number of H-pyrrole nitrogens is 1. The van der Waals surface area contributed by atoms with Gasteiger partial charge in [0.1, 0.15) is 6.33 Å². The number of benzene rings is 2. The average molecular weight is 369 g/mol. The predicted octanol–water partition coefficient (Wildman–Crippen LogP) is 2.66. The first kappa shape index (κ1) is 16.1. The van der Waals surface area contributed by atoms with E-state index in [0.29, 0.717) is 29.1 Å². The summed E-state index contributed by atoms with van der Waals surface area (Å²) in [4.78, 5) is 21.0. The molecule has 0 unspecified atom stereocenters. The molecule has 0 aliphatic carbocycles. The molecule has 5 rings (SSSR count). The number of anilines is 1. The predicted molar refractivity (Wildman–Crippen MR) is 106 cm³/mol. The molecule has 0 atom stereocenters. The van der Waals surface area contributed by atoms with E-state index in [9.17, 15) is 4.79 Å². The van der Waals surface area contributed by atoms with Crippen LogP contribution in [0.15, 0.2) is 71.8 Å². The number of hydrogen-bond acceptors (Lipinski definition) is 6. The maximum atomic E-state index is 12.4. The van der Waals surface area contributed by atoms with E-state index in [1.54, 1.807) is 6.33 Å². The van der Waals surface area contributed by atoms with Gasteiger partial charge < -0.3 is 5.32 Å². The minimum Gasteiger partial charge on any atom is -0.361 e. The van der Waals surface area contributed by atoms with Gasteiger partial charge in [-0.1, -0.05) is 36.4 Å². The van der Waals surface area contributed by atoms with Crippen LogP contribution < -0.4 is 10.9 Å². The normalized spacial score (nSPS) is 11.1. The number of aromatic amines is 1. The lowest BCUT2D eigenvalue weighted by Crippen LogP contribution is -2.20. The minimum atomic E-state index is -0.226. The Labute approximate surface area is 158 Å². The lowest BCUT2D eigenvalue weighted by Gasteiger charge is -2.07. The van der Waals surface area contributed by atoms with Gasteiger partial charge in [0.15, 0.2) is 11.3 Å². The largest absolute Gasteiger partial charge is 0.361 e. The van der Waals surface area contributed by atoms with Gasteiger partial charge in [-0.15, -0.1) is 0 Å². The van der Waals surface area contributed by atoms with E-state index >= 15 is 0 Å². The van der Waals surface area contributed by atoms with Crippen molar-refractivity contribution in [2.45, 2.75) is 6.54 Å². The SMILES string of the molecule is O=c1cc2[nH]nc(NCc3ncnc4ccccc34)c2nn1-c1ccccc1. The van der Waals surface area contributed by atoms with E-state index < -0.39 is 0 Å². The van der Waals surface area contributed by atoms with Crippen molar-refractivity contribution in [3.05, 3.63) is 83.0 Å². The molecule has 2 N–H and O–H groups in total. The molecular formula is C20H15N7O. The number of rotatable bonds is 4. The molecule has 0 aliphatic rings. The van der Waals surface area contributed by atoms with E-state index in [1.807, 2.05) is 54.6 Å². The van der Waals surface area contributed by atoms with Crippen molar-refractivity contribution < 1.29 is 0 Å². The summed E-state index contributed by atoms with van der Waals surface area (Å²) in [5.74, 6) is 0.558. The molecule has 0 saturated carbocycles. The third-order valence-corrected chi connectivity index (χ3v) is 4.49. The van der Waals surface area contributed by atoms with Crippen LogP contribution in [0.25, 0.3) is 27.6 Å². The Morgan fingerprint density at radius 2 is 1.82 bits per heavy atom. The number of hydrogen-bond donors (Lipinski definition) is 2. The van der Waals surface area contributed by atoms with Crippen LogP contribution in [-0.2, 0) is 6.54 Å². The highest BCUT2D eigenvalue weighted by molar-refractivity contribution is 5.85. The summed E-state index contributed by atoms with van der Waals surface area (Å²) in [5, 5.41) is 15.9. The fourth-order valence-electron chi connectivity index (χ4n) is 3.13. The summed E-state index contributed by atoms with van der Waals surface area (Å²) < 4.78 is 1.36. The average Bonchev–Trinajstić information content (AvgIpc) is 3.14. The Morgan fingerprint density at radius 3 is 2.71 bits per heavy atom. The molecule has 0 saturated heterocycles. The second-order valence-electron chi connectivity index (χ2n) is 6.26. The van der Waals surface area contributed by atoms with Crippen LogP contribution >= 0.6 is 0 Å². The van der Waals surface area contributed by atoms with Crippen molar-refractivity contribution in [2.75, 3.05) is 5.32 Å². The molecule has 3 heterocycles.